The van der Waals surface area contributed by atoms with Crippen LogP contribution in [0.5, 0.6) is 0 Å². The average Bonchev–Trinajstić information content (AvgIpc) is 1.91. The Morgan fingerprint density at radius 1 is 1.20 bits per heavy atom. The first-order chi connectivity index (χ1) is 4.43. The number of hydrogen-bond acceptors (Lipinski definition) is 1. The minimum Gasteiger partial charge on any atom is -1.00 e. The largest absolute Gasteiger partial charge is 1.00 e. The molecule has 2 nitrogen and oxygen atoms in total. The summed E-state index contributed by atoms with van der Waals surface area (Å²) in [4.78, 5) is 9.77. The summed E-state index contributed by atoms with van der Waals surface area (Å²) >= 11 is 0. The van der Waals surface area contributed by atoms with E-state index in [1.807, 2.05) is 18.2 Å². The van der Waals surface area contributed by atoms with Crippen LogP contribution < -0.4 is 21.5 Å². The van der Waals surface area contributed by atoms with Crippen LogP contribution in [0, 0.1) is 0 Å². The van der Waals surface area contributed by atoms with Crippen molar-refractivity contribution in [2.24, 2.45) is 0 Å². The number of rotatable bonds is 1. The van der Waals surface area contributed by atoms with Gasteiger partial charge in [0.05, 0.1) is 0 Å². The van der Waals surface area contributed by atoms with E-state index < -0.39 is 0 Å². The monoisotopic (exact) mass is 199 g/mol. The van der Waals surface area contributed by atoms with E-state index in [-0.39, 0.29) is 17.0 Å². The van der Waals surface area contributed by atoms with Crippen molar-refractivity contribution in [2.45, 2.75) is 0 Å². The second-order valence-corrected chi connectivity index (χ2v) is 1.57. The van der Waals surface area contributed by atoms with Gasteiger partial charge in [-0.1, -0.05) is 6.07 Å². The second-order valence-electron chi connectivity index (χ2n) is 1.57. The van der Waals surface area contributed by atoms with Crippen LogP contribution in [0.25, 0.3) is 6.20 Å². The minimum absolute atomic E-state index is 0. The van der Waals surface area contributed by atoms with Crippen LogP contribution in [0.4, 0.5) is 0 Å². The molecule has 0 fully saturated rings. The Balaban J connectivity index is 0.000000810. The Hall–Kier alpha value is -0.920. The highest BCUT2D eigenvalue weighted by Gasteiger charge is 1.86. The van der Waals surface area contributed by atoms with Crippen LogP contribution in [0.15, 0.2) is 30.6 Å². The summed E-state index contributed by atoms with van der Waals surface area (Å²) in [7, 11) is 0. The molecule has 1 aromatic heterocycles. The zero-order chi connectivity index (χ0) is 6.53. The molecular weight excluding hydrogens is 194 g/mol. The molecule has 0 radical (unpaired) electrons. The fourth-order valence-corrected chi connectivity index (χ4v) is 0.559. The molecule has 3 heteroatoms. The normalized spacial score (nSPS) is 7.20. The van der Waals surface area contributed by atoms with Crippen molar-refractivity contribution < 1.29 is 26.3 Å². The molecule has 0 bridgehead atoms. The van der Waals surface area contributed by atoms with Gasteiger partial charge in [-0.25, -0.2) is 4.79 Å². The first-order valence-corrected chi connectivity index (χ1v) is 2.60. The maximum atomic E-state index is 9.77. The highest BCUT2D eigenvalue weighted by Crippen LogP contribution is 1.74. The predicted octanol–water partition coefficient (Wildman–Crippen LogP) is -2.72. The summed E-state index contributed by atoms with van der Waals surface area (Å²) in [6.45, 7) is 0. The highest BCUT2D eigenvalue weighted by molar-refractivity contribution is 5.58. The van der Waals surface area contributed by atoms with Gasteiger partial charge in [-0.15, -0.1) is 0 Å². The maximum Gasteiger partial charge on any atom is 0.258 e. The lowest BCUT2D eigenvalue weighted by Gasteiger charge is -1.78. The van der Waals surface area contributed by atoms with Crippen molar-refractivity contribution in [1.29, 1.82) is 0 Å². The molecule has 0 unspecified atom stereocenters. The Morgan fingerprint density at radius 3 is 2.30 bits per heavy atom. The van der Waals surface area contributed by atoms with Crippen molar-refractivity contribution in [3.8, 4) is 0 Å². The number of nitrogens with zero attached hydrogens (tertiary/aromatic N) is 1. The lowest BCUT2D eigenvalue weighted by Crippen LogP contribution is -3.00. The van der Waals surface area contributed by atoms with Gasteiger partial charge in [-0.3, -0.25) is 0 Å². The summed E-state index contributed by atoms with van der Waals surface area (Å²) < 4.78 is 1.63. The van der Waals surface area contributed by atoms with Gasteiger partial charge in [0.2, 0.25) is 0 Å². The number of carbonyl (C=O) groups excluding carboxylic acids is 1. The van der Waals surface area contributed by atoms with E-state index in [0.717, 1.165) is 0 Å². The molecule has 0 N–H and O–H groups in total. The predicted molar refractivity (Wildman–Crippen MR) is 33.1 cm³/mol. The molecule has 0 atom stereocenters. The summed E-state index contributed by atoms with van der Waals surface area (Å²) in [5.74, 6) is 1.67. The topological polar surface area (TPSA) is 20.9 Å². The zero-order valence-corrected chi connectivity index (χ0v) is 6.78. The molecule has 0 aliphatic heterocycles. The van der Waals surface area contributed by atoms with Gasteiger partial charge in [0.15, 0.2) is 18.3 Å². The van der Waals surface area contributed by atoms with Crippen LogP contribution in [0.3, 0.4) is 0 Å². The fraction of sp³-hybridized carbons (Fsp3) is 0. The molecule has 1 aromatic rings. The molecule has 0 saturated carbocycles. The van der Waals surface area contributed by atoms with Crippen LogP contribution in [0.1, 0.15) is 0 Å². The average molecular weight is 200 g/mol. The molecule has 0 aliphatic carbocycles. The van der Waals surface area contributed by atoms with Gasteiger partial charge >= 0.3 is 0 Å². The van der Waals surface area contributed by atoms with E-state index in [1.54, 1.807) is 22.9 Å². The van der Waals surface area contributed by atoms with Crippen LogP contribution in [-0.4, -0.2) is 5.94 Å². The van der Waals surface area contributed by atoms with E-state index in [4.69, 9.17) is 0 Å². The van der Waals surface area contributed by atoms with E-state index in [1.165, 1.54) is 6.20 Å². The second kappa shape index (κ2) is 4.91. The van der Waals surface area contributed by atoms with Crippen LogP contribution in [0.2, 0.25) is 0 Å². The van der Waals surface area contributed by atoms with Crippen LogP contribution in [-0.2, 0) is 4.79 Å². The zero-order valence-electron chi connectivity index (χ0n) is 5.20. The Labute approximate surface area is 69.6 Å². The molecule has 1 heterocycles. The third kappa shape index (κ3) is 2.58. The summed E-state index contributed by atoms with van der Waals surface area (Å²) in [5, 5.41) is 0. The molecule has 0 aromatic carbocycles. The van der Waals surface area contributed by atoms with Gasteiger partial charge < -0.3 is 17.0 Å². The van der Waals surface area contributed by atoms with E-state index >= 15 is 0 Å². The third-order valence-electron chi connectivity index (χ3n) is 0.940. The van der Waals surface area contributed by atoms with Crippen molar-refractivity contribution in [1.82, 2.24) is 0 Å². The SMILES string of the molecule is O=C=C[n+]1ccccc1.[Br-]. The standard InChI is InChI=1S/C7H6NO.BrH/c9-7-6-8-4-2-1-3-5-8;/h1-6H;1H/q+1;/p-1. The number of halogens is 1. The number of pyridine rings is 1. The van der Waals surface area contributed by atoms with Gasteiger partial charge in [0, 0.05) is 12.1 Å². The number of hydrogen-bond donors (Lipinski definition) is 0. The summed E-state index contributed by atoms with van der Waals surface area (Å²) in [6.07, 6.45) is 4.86. The summed E-state index contributed by atoms with van der Waals surface area (Å²) in [5.41, 5.74) is 0. The fourth-order valence-electron chi connectivity index (χ4n) is 0.559. The first kappa shape index (κ1) is 9.08. The lowest BCUT2D eigenvalue weighted by molar-refractivity contribution is -0.566. The van der Waals surface area contributed by atoms with E-state index in [9.17, 15) is 4.79 Å². The smallest absolute Gasteiger partial charge is 0.258 e. The Bertz CT molecular complexity index is 229. The van der Waals surface area contributed by atoms with Crippen molar-refractivity contribution in [3.05, 3.63) is 30.6 Å². The molecule has 10 heavy (non-hydrogen) atoms. The Morgan fingerprint density at radius 2 is 1.80 bits per heavy atom. The third-order valence-corrected chi connectivity index (χ3v) is 0.940. The van der Waals surface area contributed by atoms with Crippen molar-refractivity contribution in [2.75, 3.05) is 0 Å². The molecule has 0 aliphatic rings. The quantitative estimate of drug-likeness (QED) is 0.356. The molecule has 52 valence electrons. The van der Waals surface area contributed by atoms with Gasteiger partial charge in [0.25, 0.3) is 6.20 Å². The molecular formula is C7H6BrNO. The molecule has 1 rings (SSSR count). The van der Waals surface area contributed by atoms with Gasteiger partial charge in [0.1, 0.15) is 0 Å². The van der Waals surface area contributed by atoms with E-state index in [2.05, 4.69) is 0 Å². The maximum absolute atomic E-state index is 9.77. The molecule has 0 amide bonds. The van der Waals surface area contributed by atoms with Gasteiger partial charge in [-0.05, 0) is 0 Å². The van der Waals surface area contributed by atoms with Crippen molar-refractivity contribution in [3.63, 3.8) is 0 Å². The Kier molecular flexibility index (Phi) is 4.46. The van der Waals surface area contributed by atoms with Crippen LogP contribution >= 0.6 is 0 Å². The lowest BCUT2D eigenvalue weighted by atomic mass is 10.5. The van der Waals surface area contributed by atoms with E-state index in [0.29, 0.717) is 0 Å². The minimum atomic E-state index is 0. The highest BCUT2D eigenvalue weighted by atomic mass is 79.9. The summed E-state index contributed by atoms with van der Waals surface area (Å²) in [6, 6.07) is 5.57. The van der Waals surface area contributed by atoms with Crippen molar-refractivity contribution >= 4 is 12.1 Å². The number of aromatic nitrogens is 1. The molecule has 0 spiro atoms. The first-order valence-electron chi connectivity index (χ1n) is 2.60. The van der Waals surface area contributed by atoms with Gasteiger partial charge in [-0.2, -0.15) is 4.57 Å². The molecule has 0 saturated heterocycles.